The van der Waals surface area contributed by atoms with Crippen molar-refractivity contribution in [2.24, 2.45) is 5.41 Å². The van der Waals surface area contributed by atoms with E-state index in [9.17, 15) is 0 Å². The molecule has 1 saturated heterocycles. The van der Waals surface area contributed by atoms with Crippen LogP contribution in [0.15, 0.2) is 22.7 Å². The highest BCUT2D eigenvalue weighted by Gasteiger charge is 2.26. The molecule has 0 radical (unpaired) electrons. The van der Waals surface area contributed by atoms with Gasteiger partial charge in [-0.3, -0.25) is 0 Å². The van der Waals surface area contributed by atoms with Gasteiger partial charge in [-0.25, -0.2) is 0 Å². The number of halogens is 1. The molecule has 0 aliphatic carbocycles. The predicted molar refractivity (Wildman–Crippen MR) is 86.8 cm³/mol. The molecule has 0 bridgehead atoms. The molecule has 0 aromatic heterocycles. The first-order chi connectivity index (χ1) is 8.93. The standard InChI is InChI=1S/C16H25BrN2/c1-12(18-4)13-5-6-15(14(17)11-13)19-9-7-16(2,3)8-10-19/h5-6,11-12,18H,7-10H2,1-4H3. The van der Waals surface area contributed by atoms with Crippen molar-refractivity contribution in [3.63, 3.8) is 0 Å². The maximum Gasteiger partial charge on any atom is 0.0510 e. The first-order valence-corrected chi connectivity index (χ1v) is 7.94. The third kappa shape index (κ3) is 3.51. The summed E-state index contributed by atoms with van der Waals surface area (Å²) in [5, 5.41) is 3.28. The summed E-state index contributed by atoms with van der Waals surface area (Å²) in [6.07, 6.45) is 2.54. The Morgan fingerprint density at radius 2 is 1.89 bits per heavy atom. The van der Waals surface area contributed by atoms with Crippen molar-refractivity contribution < 1.29 is 0 Å². The Hall–Kier alpha value is -0.540. The molecule has 0 spiro atoms. The van der Waals surface area contributed by atoms with Gasteiger partial charge in [-0.15, -0.1) is 0 Å². The van der Waals surface area contributed by atoms with Gasteiger partial charge in [0.25, 0.3) is 0 Å². The van der Waals surface area contributed by atoms with E-state index in [-0.39, 0.29) is 0 Å². The zero-order valence-corrected chi connectivity index (χ0v) is 14.0. The molecule has 2 nitrogen and oxygen atoms in total. The molecule has 106 valence electrons. The minimum Gasteiger partial charge on any atom is -0.371 e. The van der Waals surface area contributed by atoms with Gasteiger partial charge in [-0.1, -0.05) is 19.9 Å². The normalized spacial score (nSPS) is 20.4. The molecule has 1 fully saturated rings. The lowest BCUT2D eigenvalue weighted by Gasteiger charge is -2.38. The number of nitrogens with one attached hydrogen (secondary N) is 1. The number of hydrogen-bond acceptors (Lipinski definition) is 2. The molecular weight excluding hydrogens is 300 g/mol. The summed E-state index contributed by atoms with van der Waals surface area (Å²) in [4.78, 5) is 2.50. The molecular formula is C16H25BrN2. The van der Waals surface area contributed by atoms with E-state index < -0.39 is 0 Å². The van der Waals surface area contributed by atoms with Gasteiger partial charge in [-0.05, 0) is 65.9 Å². The second kappa shape index (κ2) is 5.84. The first-order valence-electron chi connectivity index (χ1n) is 7.14. The molecule has 1 heterocycles. The summed E-state index contributed by atoms with van der Waals surface area (Å²) in [6.45, 7) is 9.25. The maximum absolute atomic E-state index is 3.74. The van der Waals surface area contributed by atoms with E-state index in [1.54, 1.807) is 0 Å². The van der Waals surface area contributed by atoms with Crippen LogP contribution in [0.2, 0.25) is 0 Å². The molecule has 0 saturated carbocycles. The quantitative estimate of drug-likeness (QED) is 0.888. The van der Waals surface area contributed by atoms with E-state index in [2.05, 4.69) is 65.1 Å². The number of hydrogen-bond donors (Lipinski definition) is 1. The van der Waals surface area contributed by atoms with Crippen LogP contribution in [0.5, 0.6) is 0 Å². The van der Waals surface area contributed by atoms with E-state index in [0.29, 0.717) is 11.5 Å². The zero-order chi connectivity index (χ0) is 14.0. The molecule has 3 heteroatoms. The van der Waals surface area contributed by atoms with Crippen molar-refractivity contribution in [3.05, 3.63) is 28.2 Å². The van der Waals surface area contributed by atoms with Crippen LogP contribution in [0, 0.1) is 5.41 Å². The Labute approximate surface area is 125 Å². The van der Waals surface area contributed by atoms with Crippen LogP contribution in [-0.4, -0.2) is 20.1 Å². The molecule has 1 aliphatic rings. The van der Waals surface area contributed by atoms with Crippen molar-refractivity contribution in [2.45, 2.75) is 39.7 Å². The number of benzene rings is 1. The second-order valence-electron chi connectivity index (χ2n) is 6.37. The SMILES string of the molecule is CNC(C)c1ccc(N2CCC(C)(C)CC2)c(Br)c1. The van der Waals surface area contributed by atoms with E-state index in [1.807, 2.05) is 7.05 Å². The number of nitrogens with zero attached hydrogens (tertiary/aromatic N) is 1. The Morgan fingerprint density at radius 1 is 1.26 bits per heavy atom. The van der Waals surface area contributed by atoms with Crippen LogP contribution in [-0.2, 0) is 0 Å². The number of rotatable bonds is 3. The predicted octanol–water partition coefficient (Wildman–Crippen LogP) is 4.36. The van der Waals surface area contributed by atoms with Gasteiger partial charge in [0.1, 0.15) is 0 Å². The molecule has 0 amide bonds. The topological polar surface area (TPSA) is 15.3 Å². The third-order valence-corrected chi connectivity index (χ3v) is 5.00. The minimum atomic E-state index is 0.394. The maximum atomic E-state index is 3.74. The second-order valence-corrected chi connectivity index (χ2v) is 7.23. The lowest BCUT2D eigenvalue weighted by Crippen LogP contribution is -2.37. The Morgan fingerprint density at radius 3 is 2.42 bits per heavy atom. The van der Waals surface area contributed by atoms with Gasteiger partial charge in [-0.2, -0.15) is 0 Å². The molecule has 1 aromatic rings. The third-order valence-electron chi connectivity index (χ3n) is 4.36. The summed E-state index contributed by atoms with van der Waals surface area (Å²) in [5.41, 5.74) is 3.17. The highest BCUT2D eigenvalue weighted by atomic mass is 79.9. The molecule has 2 rings (SSSR count). The summed E-state index contributed by atoms with van der Waals surface area (Å²) < 4.78 is 1.21. The van der Waals surface area contributed by atoms with E-state index in [1.165, 1.54) is 28.6 Å². The molecule has 1 atom stereocenters. The fourth-order valence-electron chi connectivity index (χ4n) is 2.57. The summed E-state index contributed by atoms with van der Waals surface area (Å²) in [5.74, 6) is 0. The van der Waals surface area contributed by atoms with Crippen LogP contribution in [0.3, 0.4) is 0 Å². The zero-order valence-electron chi connectivity index (χ0n) is 12.5. The van der Waals surface area contributed by atoms with Crippen LogP contribution >= 0.6 is 15.9 Å². The monoisotopic (exact) mass is 324 g/mol. The summed E-state index contributed by atoms with van der Waals surface area (Å²) >= 11 is 3.74. The minimum absolute atomic E-state index is 0.394. The van der Waals surface area contributed by atoms with Crippen molar-refractivity contribution >= 4 is 21.6 Å². The Kier molecular flexibility index (Phi) is 4.57. The van der Waals surface area contributed by atoms with E-state index in [0.717, 1.165) is 13.1 Å². The van der Waals surface area contributed by atoms with Crippen molar-refractivity contribution in [2.75, 3.05) is 25.0 Å². The van der Waals surface area contributed by atoms with Gasteiger partial charge in [0.05, 0.1) is 5.69 Å². The summed E-state index contributed by atoms with van der Waals surface area (Å²) in [6, 6.07) is 7.13. The smallest absolute Gasteiger partial charge is 0.0510 e. The lowest BCUT2D eigenvalue weighted by molar-refractivity contribution is 0.279. The fraction of sp³-hybridized carbons (Fsp3) is 0.625. The molecule has 1 N–H and O–H groups in total. The van der Waals surface area contributed by atoms with Gasteiger partial charge < -0.3 is 10.2 Å². The molecule has 1 aromatic carbocycles. The van der Waals surface area contributed by atoms with Crippen molar-refractivity contribution in [3.8, 4) is 0 Å². The Balaban J connectivity index is 2.14. The molecule has 19 heavy (non-hydrogen) atoms. The van der Waals surface area contributed by atoms with Gasteiger partial charge in [0, 0.05) is 23.6 Å². The molecule has 1 aliphatic heterocycles. The highest BCUT2D eigenvalue weighted by Crippen LogP contribution is 2.35. The van der Waals surface area contributed by atoms with E-state index >= 15 is 0 Å². The molecule has 1 unspecified atom stereocenters. The van der Waals surface area contributed by atoms with Gasteiger partial charge in [0.2, 0.25) is 0 Å². The largest absolute Gasteiger partial charge is 0.371 e. The average Bonchev–Trinajstić information content (AvgIpc) is 2.38. The fourth-order valence-corrected chi connectivity index (χ4v) is 3.22. The van der Waals surface area contributed by atoms with Crippen LogP contribution < -0.4 is 10.2 Å². The number of anilines is 1. The summed E-state index contributed by atoms with van der Waals surface area (Å²) in [7, 11) is 2.00. The average molecular weight is 325 g/mol. The van der Waals surface area contributed by atoms with E-state index in [4.69, 9.17) is 0 Å². The van der Waals surface area contributed by atoms with Crippen molar-refractivity contribution in [1.29, 1.82) is 0 Å². The van der Waals surface area contributed by atoms with Gasteiger partial charge >= 0.3 is 0 Å². The highest BCUT2D eigenvalue weighted by molar-refractivity contribution is 9.10. The number of piperidine rings is 1. The Bertz CT molecular complexity index is 432. The van der Waals surface area contributed by atoms with Crippen LogP contribution in [0.1, 0.15) is 45.2 Å². The van der Waals surface area contributed by atoms with Gasteiger partial charge in [0.15, 0.2) is 0 Å². The lowest BCUT2D eigenvalue weighted by atomic mass is 9.82. The van der Waals surface area contributed by atoms with Crippen LogP contribution in [0.4, 0.5) is 5.69 Å². The first kappa shape index (κ1) is 14.9. The van der Waals surface area contributed by atoms with Crippen molar-refractivity contribution in [1.82, 2.24) is 5.32 Å². The van der Waals surface area contributed by atoms with Crippen LogP contribution in [0.25, 0.3) is 0 Å².